The molecule has 2 amide bonds. The van der Waals surface area contributed by atoms with E-state index in [9.17, 15) is 9.59 Å². The summed E-state index contributed by atoms with van der Waals surface area (Å²) >= 11 is 0. The minimum absolute atomic E-state index is 0.136. The highest BCUT2D eigenvalue weighted by atomic mass is 16.5. The van der Waals surface area contributed by atoms with Gasteiger partial charge in [-0.25, -0.2) is 0 Å². The third-order valence-corrected chi connectivity index (χ3v) is 4.47. The summed E-state index contributed by atoms with van der Waals surface area (Å²) in [4.78, 5) is 24.3. The zero-order valence-corrected chi connectivity index (χ0v) is 17.7. The Balaban J connectivity index is 1.74. The molecule has 0 aliphatic rings. The summed E-state index contributed by atoms with van der Waals surface area (Å²) in [6, 6.07) is 10.5. The third kappa shape index (κ3) is 6.30. The highest BCUT2D eigenvalue weighted by Gasteiger charge is 2.11. The van der Waals surface area contributed by atoms with E-state index in [2.05, 4.69) is 10.6 Å². The lowest BCUT2D eigenvalue weighted by molar-refractivity contribution is -0.120. The number of nitrogens with one attached hydrogen (secondary N) is 2. The van der Waals surface area contributed by atoms with Gasteiger partial charge in [-0.05, 0) is 42.3 Å². The first kappa shape index (κ1) is 22.9. The number of hydrogen-bond acceptors (Lipinski definition) is 6. The van der Waals surface area contributed by atoms with E-state index in [1.54, 1.807) is 32.4 Å². The van der Waals surface area contributed by atoms with E-state index in [0.717, 1.165) is 5.56 Å². The van der Waals surface area contributed by atoms with E-state index in [0.29, 0.717) is 41.5 Å². The van der Waals surface area contributed by atoms with Gasteiger partial charge in [-0.1, -0.05) is 6.07 Å². The van der Waals surface area contributed by atoms with Crippen LogP contribution in [-0.4, -0.2) is 53.3 Å². The van der Waals surface area contributed by atoms with Crippen LogP contribution in [0.15, 0.2) is 36.4 Å². The predicted octanol–water partition coefficient (Wildman–Crippen LogP) is 2.20. The molecule has 0 aliphatic carbocycles. The van der Waals surface area contributed by atoms with E-state index >= 15 is 0 Å². The zero-order chi connectivity index (χ0) is 21.9. The molecule has 2 aromatic rings. The van der Waals surface area contributed by atoms with E-state index in [1.807, 2.05) is 18.2 Å². The summed E-state index contributed by atoms with van der Waals surface area (Å²) in [6.45, 7) is 0.716. The van der Waals surface area contributed by atoms with Crippen molar-refractivity contribution in [2.24, 2.45) is 0 Å². The van der Waals surface area contributed by atoms with Gasteiger partial charge in [-0.15, -0.1) is 0 Å². The fourth-order valence-electron chi connectivity index (χ4n) is 2.84. The smallest absolute Gasteiger partial charge is 0.251 e. The van der Waals surface area contributed by atoms with E-state index in [4.69, 9.17) is 18.9 Å². The Hall–Kier alpha value is -3.42. The molecule has 0 fully saturated rings. The lowest BCUT2D eigenvalue weighted by atomic mass is 10.1. The quantitative estimate of drug-likeness (QED) is 0.583. The van der Waals surface area contributed by atoms with Gasteiger partial charge in [0.05, 0.1) is 28.4 Å². The van der Waals surface area contributed by atoms with Gasteiger partial charge in [-0.3, -0.25) is 9.59 Å². The average molecular weight is 416 g/mol. The molecule has 0 spiro atoms. The van der Waals surface area contributed by atoms with Gasteiger partial charge in [-0.2, -0.15) is 0 Å². The summed E-state index contributed by atoms with van der Waals surface area (Å²) < 4.78 is 20.8. The van der Waals surface area contributed by atoms with Crippen LogP contribution in [0.25, 0.3) is 0 Å². The molecule has 162 valence electrons. The van der Waals surface area contributed by atoms with Crippen LogP contribution in [0, 0.1) is 0 Å². The predicted molar refractivity (Wildman–Crippen MR) is 113 cm³/mol. The molecule has 30 heavy (non-hydrogen) atoms. The molecule has 2 aromatic carbocycles. The Bertz CT molecular complexity index is 869. The molecule has 0 radical (unpaired) electrons. The molecule has 0 unspecified atom stereocenters. The van der Waals surface area contributed by atoms with Gasteiger partial charge in [0.15, 0.2) is 23.0 Å². The maximum Gasteiger partial charge on any atom is 0.251 e. The number of carbonyl (C=O) groups excluding carboxylic acids is 2. The van der Waals surface area contributed by atoms with E-state index < -0.39 is 0 Å². The number of amides is 2. The van der Waals surface area contributed by atoms with Crippen molar-refractivity contribution < 1.29 is 28.5 Å². The summed E-state index contributed by atoms with van der Waals surface area (Å²) in [5.41, 5.74) is 1.45. The first-order chi connectivity index (χ1) is 14.5. The molecule has 0 saturated carbocycles. The molecule has 0 atom stereocenters. The summed E-state index contributed by atoms with van der Waals surface area (Å²) in [7, 11) is 6.20. The van der Waals surface area contributed by atoms with Crippen molar-refractivity contribution in [3.63, 3.8) is 0 Å². The molecule has 0 aromatic heterocycles. The second-order valence-corrected chi connectivity index (χ2v) is 6.36. The number of ether oxygens (including phenoxy) is 4. The van der Waals surface area contributed by atoms with Crippen LogP contribution in [0.3, 0.4) is 0 Å². The van der Waals surface area contributed by atoms with Gasteiger partial charge in [0, 0.05) is 25.1 Å². The molecular formula is C22H28N2O6. The Morgan fingerprint density at radius 1 is 0.733 bits per heavy atom. The number of hydrogen-bond donors (Lipinski definition) is 2. The molecule has 8 heteroatoms. The van der Waals surface area contributed by atoms with Gasteiger partial charge in [0.1, 0.15) is 0 Å². The molecule has 0 aliphatic heterocycles. The van der Waals surface area contributed by atoms with Crippen molar-refractivity contribution in [2.45, 2.75) is 12.8 Å². The first-order valence-corrected chi connectivity index (χ1v) is 9.50. The number of carbonyl (C=O) groups is 2. The van der Waals surface area contributed by atoms with Crippen LogP contribution in [0.2, 0.25) is 0 Å². The van der Waals surface area contributed by atoms with Gasteiger partial charge in [0.25, 0.3) is 5.91 Å². The second kappa shape index (κ2) is 11.5. The highest BCUT2D eigenvalue weighted by Crippen LogP contribution is 2.28. The van der Waals surface area contributed by atoms with Crippen LogP contribution >= 0.6 is 0 Å². The highest BCUT2D eigenvalue weighted by molar-refractivity contribution is 5.95. The van der Waals surface area contributed by atoms with Crippen LogP contribution in [0.4, 0.5) is 0 Å². The fourth-order valence-corrected chi connectivity index (χ4v) is 2.84. The Labute approximate surface area is 176 Å². The lowest BCUT2D eigenvalue weighted by Crippen LogP contribution is -2.31. The van der Waals surface area contributed by atoms with Crippen LogP contribution in [0.1, 0.15) is 22.3 Å². The fraction of sp³-hybridized carbons (Fsp3) is 0.364. The number of methoxy groups -OCH3 is 4. The topological polar surface area (TPSA) is 95.1 Å². The van der Waals surface area contributed by atoms with Crippen molar-refractivity contribution in [3.05, 3.63) is 47.5 Å². The Morgan fingerprint density at radius 3 is 1.97 bits per heavy atom. The Kier molecular flexibility index (Phi) is 8.80. The molecule has 2 rings (SSSR count). The van der Waals surface area contributed by atoms with E-state index in [1.165, 1.54) is 14.2 Å². The van der Waals surface area contributed by atoms with Crippen LogP contribution in [0.5, 0.6) is 23.0 Å². The maximum atomic E-state index is 12.2. The van der Waals surface area contributed by atoms with E-state index in [-0.39, 0.29) is 24.8 Å². The monoisotopic (exact) mass is 416 g/mol. The number of rotatable bonds is 11. The zero-order valence-electron chi connectivity index (χ0n) is 17.7. The second-order valence-electron chi connectivity index (χ2n) is 6.36. The van der Waals surface area contributed by atoms with Crippen molar-refractivity contribution in [3.8, 4) is 23.0 Å². The van der Waals surface area contributed by atoms with Gasteiger partial charge >= 0.3 is 0 Å². The first-order valence-electron chi connectivity index (χ1n) is 9.50. The molecule has 0 saturated heterocycles. The average Bonchev–Trinajstić information content (AvgIpc) is 2.78. The van der Waals surface area contributed by atoms with Crippen molar-refractivity contribution in [2.75, 3.05) is 41.5 Å². The molecule has 8 nitrogen and oxygen atoms in total. The Morgan fingerprint density at radius 2 is 1.33 bits per heavy atom. The largest absolute Gasteiger partial charge is 0.493 e. The van der Waals surface area contributed by atoms with Crippen LogP contribution in [-0.2, 0) is 11.2 Å². The molecule has 2 N–H and O–H groups in total. The minimum atomic E-state index is -0.283. The SMILES string of the molecule is COc1ccc(CCNC(=O)CCNC(=O)c2ccc(OC)c(OC)c2)cc1OC. The maximum absolute atomic E-state index is 12.2. The normalized spacial score (nSPS) is 10.1. The van der Waals surface area contributed by atoms with Gasteiger partial charge < -0.3 is 29.6 Å². The van der Waals surface area contributed by atoms with Crippen molar-refractivity contribution >= 4 is 11.8 Å². The summed E-state index contributed by atoms with van der Waals surface area (Å²) in [6.07, 6.45) is 0.842. The standard InChI is InChI=1S/C22H28N2O6/c1-27-17-7-5-15(13-19(17)29-3)9-11-23-21(25)10-12-24-22(26)16-6-8-18(28-2)20(14-16)30-4/h5-8,13-14H,9-12H2,1-4H3,(H,23,25)(H,24,26). The molecular weight excluding hydrogens is 388 g/mol. The van der Waals surface area contributed by atoms with Gasteiger partial charge in [0.2, 0.25) is 5.91 Å². The van der Waals surface area contributed by atoms with Crippen molar-refractivity contribution in [1.29, 1.82) is 0 Å². The summed E-state index contributed by atoms with van der Waals surface area (Å²) in [5, 5.41) is 5.57. The molecule has 0 bridgehead atoms. The van der Waals surface area contributed by atoms with Crippen LogP contribution < -0.4 is 29.6 Å². The lowest BCUT2D eigenvalue weighted by Gasteiger charge is -2.11. The third-order valence-electron chi connectivity index (χ3n) is 4.47. The van der Waals surface area contributed by atoms with Crippen molar-refractivity contribution in [1.82, 2.24) is 10.6 Å². The molecule has 0 heterocycles. The summed E-state index contributed by atoms with van der Waals surface area (Å²) in [5.74, 6) is 1.91. The number of benzene rings is 2. The minimum Gasteiger partial charge on any atom is -0.493 e.